The Morgan fingerprint density at radius 1 is 0.543 bits per heavy atom. The normalized spacial score (nSPS) is 11.4. The monoisotopic (exact) mass is 772 g/mol. The highest BCUT2D eigenvalue weighted by molar-refractivity contribution is 14.1. The van der Waals surface area contributed by atoms with E-state index in [4.69, 9.17) is 19.3 Å². The highest BCUT2D eigenvalue weighted by atomic mass is 127. The predicted molar refractivity (Wildman–Crippen MR) is 178 cm³/mol. The van der Waals surface area contributed by atoms with Gasteiger partial charge in [0.1, 0.15) is 12.6 Å². The number of aliphatic carboxylic acids is 2. The molecular formula is C30H53IN4O11. The third-order valence-electron chi connectivity index (χ3n) is 6.52. The van der Waals surface area contributed by atoms with Gasteiger partial charge in [0.05, 0.1) is 37.5 Å². The van der Waals surface area contributed by atoms with E-state index in [-0.39, 0.29) is 82.3 Å². The molecular weight excluding hydrogens is 719 g/mol. The standard InChI is InChI=1S/C30H53IN4O11/c31-22-27(38)33-15-17-44-18-16-34-28(39)23-46-21-20-45-19-14-32-25(36)13-12-24(30(42)43)35-26(37)10-8-6-4-2-1-3-5-7-9-11-29(40)41/h24H,1-23H2,(H,32,36)(H,33,38)(H,34,39)(H,35,37)(H,40,41)(H,42,43). The van der Waals surface area contributed by atoms with Gasteiger partial charge in [0, 0.05) is 38.9 Å². The van der Waals surface area contributed by atoms with Gasteiger partial charge >= 0.3 is 11.9 Å². The van der Waals surface area contributed by atoms with Crippen LogP contribution in [0.4, 0.5) is 0 Å². The van der Waals surface area contributed by atoms with Crippen LogP contribution >= 0.6 is 22.6 Å². The van der Waals surface area contributed by atoms with Crippen LogP contribution in [0.25, 0.3) is 0 Å². The molecule has 0 fully saturated rings. The summed E-state index contributed by atoms with van der Waals surface area (Å²) in [6.07, 6.45) is 8.74. The van der Waals surface area contributed by atoms with Crippen molar-refractivity contribution in [3.8, 4) is 0 Å². The zero-order valence-corrected chi connectivity index (χ0v) is 28.9. The van der Waals surface area contributed by atoms with Crippen LogP contribution in [0.3, 0.4) is 0 Å². The van der Waals surface area contributed by atoms with Gasteiger partial charge in [0.2, 0.25) is 23.6 Å². The number of ether oxygens (including phenoxy) is 3. The molecule has 4 amide bonds. The number of nitrogens with one attached hydrogen (secondary N) is 4. The third kappa shape index (κ3) is 30.1. The number of hydrogen-bond donors (Lipinski definition) is 6. The number of carboxylic acid groups (broad SMARTS) is 2. The summed E-state index contributed by atoms with van der Waals surface area (Å²) in [5, 5.41) is 28.5. The van der Waals surface area contributed by atoms with Crippen LogP contribution < -0.4 is 21.3 Å². The SMILES string of the molecule is O=C(O)CCCCCCCCCCCC(=O)NC(CCC(=O)NCCOCCOCC(=O)NCCOCCNC(=O)CI)C(=O)O. The lowest BCUT2D eigenvalue weighted by Gasteiger charge is -2.14. The Morgan fingerprint density at radius 3 is 1.57 bits per heavy atom. The van der Waals surface area contributed by atoms with E-state index in [0.717, 1.165) is 44.9 Å². The maximum atomic E-state index is 12.2. The largest absolute Gasteiger partial charge is 0.481 e. The fraction of sp³-hybridized carbons (Fsp3) is 0.800. The van der Waals surface area contributed by atoms with E-state index in [1.165, 1.54) is 0 Å². The number of carboxylic acids is 2. The minimum atomic E-state index is -1.19. The summed E-state index contributed by atoms with van der Waals surface area (Å²) >= 11 is 1.97. The maximum Gasteiger partial charge on any atom is 0.326 e. The summed E-state index contributed by atoms with van der Waals surface area (Å²) in [6.45, 7) is 2.11. The van der Waals surface area contributed by atoms with Crippen molar-refractivity contribution in [2.24, 2.45) is 0 Å². The van der Waals surface area contributed by atoms with Gasteiger partial charge in [-0.2, -0.15) is 0 Å². The van der Waals surface area contributed by atoms with Gasteiger partial charge in [-0.05, 0) is 19.3 Å². The van der Waals surface area contributed by atoms with Gasteiger partial charge in [-0.25, -0.2) is 4.79 Å². The van der Waals surface area contributed by atoms with Crippen molar-refractivity contribution in [3.63, 3.8) is 0 Å². The van der Waals surface area contributed by atoms with Crippen LogP contribution in [-0.4, -0.2) is 116 Å². The summed E-state index contributed by atoms with van der Waals surface area (Å²) in [4.78, 5) is 69.0. The lowest BCUT2D eigenvalue weighted by Crippen LogP contribution is -2.41. The van der Waals surface area contributed by atoms with Crippen molar-refractivity contribution >= 4 is 58.2 Å². The first-order chi connectivity index (χ1) is 22.1. The molecule has 0 bridgehead atoms. The fourth-order valence-electron chi connectivity index (χ4n) is 4.06. The fourth-order valence-corrected chi connectivity index (χ4v) is 4.33. The number of carbonyl (C=O) groups excluding carboxylic acids is 4. The van der Waals surface area contributed by atoms with Gasteiger partial charge in [-0.1, -0.05) is 67.5 Å². The van der Waals surface area contributed by atoms with Crippen molar-refractivity contribution in [1.29, 1.82) is 0 Å². The number of halogens is 1. The van der Waals surface area contributed by atoms with Crippen LogP contribution in [0.1, 0.15) is 83.5 Å². The zero-order chi connectivity index (χ0) is 34.3. The molecule has 0 saturated carbocycles. The molecule has 0 aromatic heterocycles. The predicted octanol–water partition coefficient (Wildman–Crippen LogP) is 1.55. The van der Waals surface area contributed by atoms with Crippen LogP contribution in [0, 0.1) is 0 Å². The molecule has 0 rings (SSSR count). The van der Waals surface area contributed by atoms with Gasteiger partial charge in [0.15, 0.2) is 0 Å². The van der Waals surface area contributed by atoms with Crippen molar-refractivity contribution in [2.45, 2.75) is 89.5 Å². The lowest BCUT2D eigenvalue weighted by molar-refractivity contribution is -0.142. The minimum absolute atomic E-state index is 0.0286. The van der Waals surface area contributed by atoms with Crippen LogP contribution in [0.5, 0.6) is 0 Å². The number of unbranched alkanes of at least 4 members (excludes halogenated alkanes) is 8. The smallest absolute Gasteiger partial charge is 0.326 e. The number of alkyl halides is 1. The molecule has 0 spiro atoms. The van der Waals surface area contributed by atoms with Gasteiger partial charge in [-0.3, -0.25) is 24.0 Å². The molecule has 1 unspecified atom stereocenters. The number of amides is 4. The molecule has 0 saturated heterocycles. The molecule has 0 aliphatic carbocycles. The Kier molecular flexibility index (Phi) is 29.3. The first-order valence-corrected chi connectivity index (χ1v) is 17.5. The molecule has 0 heterocycles. The van der Waals surface area contributed by atoms with Crippen molar-refractivity contribution in [3.05, 3.63) is 0 Å². The highest BCUT2D eigenvalue weighted by Crippen LogP contribution is 2.11. The number of rotatable bonds is 32. The van der Waals surface area contributed by atoms with Crippen molar-refractivity contribution in [1.82, 2.24) is 21.3 Å². The first-order valence-electron chi connectivity index (χ1n) is 16.0. The second-order valence-corrected chi connectivity index (χ2v) is 11.3. The molecule has 46 heavy (non-hydrogen) atoms. The Morgan fingerprint density at radius 2 is 1.02 bits per heavy atom. The van der Waals surface area contributed by atoms with E-state index in [2.05, 4.69) is 21.3 Å². The topological polar surface area (TPSA) is 219 Å². The molecule has 0 radical (unpaired) electrons. The summed E-state index contributed by atoms with van der Waals surface area (Å²) < 4.78 is 16.3. The average molecular weight is 773 g/mol. The average Bonchev–Trinajstić information content (AvgIpc) is 3.02. The Labute approximate surface area is 285 Å². The van der Waals surface area contributed by atoms with E-state index in [1.807, 2.05) is 22.6 Å². The molecule has 0 aromatic carbocycles. The number of carbonyl (C=O) groups is 6. The Balaban J connectivity index is 3.71. The minimum Gasteiger partial charge on any atom is -0.481 e. The molecule has 15 nitrogen and oxygen atoms in total. The van der Waals surface area contributed by atoms with Gasteiger partial charge in [-0.15, -0.1) is 0 Å². The van der Waals surface area contributed by atoms with E-state index in [0.29, 0.717) is 43.6 Å². The molecule has 1 atom stereocenters. The van der Waals surface area contributed by atoms with Crippen LogP contribution in [0.2, 0.25) is 0 Å². The summed E-state index contributed by atoms with van der Waals surface area (Å²) in [5.41, 5.74) is 0. The van der Waals surface area contributed by atoms with E-state index >= 15 is 0 Å². The van der Waals surface area contributed by atoms with Crippen molar-refractivity contribution in [2.75, 3.05) is 63.7 Å². The van der Waals surface area contributed by atoms with Crippen LogP contribution in [0.15, 0.2) is 0 Å². The Bertz CT molecular complexity index is 880. The van der Waals surface area contributed by atoms with Crippen molar-refractivity contribution < 1.29 is 53.2 Å². The number of hydrogen-bond acceptors (Lipinski definition) is 9. The molecule has 0 aliphatic heterocycles. The quantitative estimate of drug-likeness (QED) is 0.0328. The summed E-state index contributed by atoms with van der Waals surface area (Å²) in [7, 11) is 0. The summed E-state index contributed by atoms with van der Waals surface area (Å²) in [5.74, 6) is -3.00. The van der Waals surface area contributed by atoms with Crippen LogP contribution in [-0.2, 0) is 43.0 Å². The molecule has 0 aromatic rings. The summed E-state index contributed by atoms with van der Waals surface area (Å²) in [6, 6.07) is -1.14. The lowest BCUT2D eigenvalue weighted by atomic mass is 10.1. The third-order valence-corrected chi connectivity index (χ3v) is 7.21. The molecule has 0 aliphatic rings. The first kappa shape index (κ1) is 43.4. The van der Waals surface area contributed by atoms with E-state index in [1.54, 1.807) is 0 Å². The second kappa shape index (κ2) is 31.1. The van der Waals surface area contributed by atoms with Gasteiger partial charge in [0.25, 0.3) is 0 Å². The Hall–Kier alpha value is -2.57. The highest BCUT2D eigenvalue weighted by Gasteiger charge is 2.20. The maximum absolute atomic E-state index is 12.2. The second-order valence-electron chi connectivity index (χ2n) is 10.5. The zero-order valence-electron chi connectivity index (χ0n) is 26.8. The molecule has 266 valence electrons. The molecule has 6 N–H and O–H groups in total. The van der Waals surface area contributed by atoms with Gasteiger partial charge < -0.3 is 45.7 Å². The van der Waals surface area contributed by atoms with E-state index in [9.17, 15) is 33.9 Å². The molecule has 16 heteroatoms. The van der Waals surface area contributed by atoms with E-state index < -0.39 is 18.0 Å².